The number of hydrogen-bond acceptors (Lipinski definition) is 6. The van der Waals surface area contributed by atoms with Crippen LogP contribution in [0, 0.1) is 0 Å². The van der Waals surface area contributed by atoms with Crippen LogP contribution in [-0.4, -0.2) is 37.0 Å². The molecule has 0 aliphatic rings. The molecule has 0 saturated carbocycles. The van der Waals surface area contributed by atoms with Gasteiger partial charge in [0.1, 0.15) is 5.75 Å². The van der Waals surface area contributed by atoms with Crippen LogP contribution in [0.15, 0.2) is 12.3 Å². The highest BCUT2D eigenvalue weighted by molar-refractivity contribution is 7.80. The second kappa shape index (κ2) is 7.37. The fraction of sp³-hybridized carbons (Fsp3) is 0.364. The highest BCUT2D eigenvalue weighted by atomic mass is 32.1. The number of ether oxygens (including phenoxy) is 3. The number of anilines is 1. The molecule has 0 aliphatic carbocycles. The highest BCUT2D eigenvalue weighted by Gasteiger charge is 2.10. The van der Waals surface area contributed by atoms with Crippen molar-refractivity contribution in [3.8, 4) is 11.5 Å². The molecule has 0 radical (unpaired) electrons. The van der Waals surface area contributed by atoms with Gasteiger partial charge in [-0.1, -0.05) is 0 Å². The molecule has 0 saturated heterocycles. The predicted molar refractivity (Wildman–Crippen MR) is 73.7 cm³/mol. The Bertz CT molecular complexity index is 467. The number of nitrogens with one attached hydrogen (secondary N) is 2. The summed E-state index contributed by atoms with van der Waals surface area (Å²) in [5, 5.41) is 5.14. The molecular weight excluding hydrogens is 270 g/mol. The van der Waals surface area contributed by atoms with E-state index in [1.54, 1.807) is 13.0 Å². The summed E-state index contributed by atoms with van der Waals surface area (Å²) in [5.41, 5.74) is 0. The van der Waals surface area contributed by atoms with Gasteiger partial charge in [0.2, 0.25) is 0 Å². The van der Waals surface area contributed by atoms with Crippen LogP contribution < -0.4 is 20.1 Å². The lowest BCUT2D eigenvalue weighted by atomic mass is 10.4. The minimum atomic E-state index is -0.632. The summed E-state index contributed by atoms with van der Waals surface area (Å²) in [7, 11) is 3.01. The molecule has 0 aliphatic heterocycles. The SMILES string of the molecule is CCOC(=O)NC(=S)Nc1ncc(OC)cc1OC. The van der Waals surface area contributed by atoms with E-state index in [1.165, 1.54) is 20.4 Å². The van der Waals surface area contributed by atoms with E-state index in [2.05, 4.69) is 15.6 Å². The van der Waals surface area contributed by atoms with E-state index in [1.807, 2.05) is 0 Å². The average molecular weight is 285 g/mol. The fourth-order valence-corrected chi connectivity index (χ4v) is 1.37. The maximum absolute atomic E-state index is 11.2. The van der Waals surface area contributed by atoms with E-state index >= 15 is 0 Å². The van der Waals surface area contributed by atoms with Gasteiger partial charge in [-0.05, 0) is 19.1 Å². The van der Waals surface area contributed by atoms with Gasteiger partial charge in [-0.25, -0.2) is 9.78 Å². The minimum absolute atomic E-state index is 0.0643. The summed E-state index contributed by atoms with van der Waals surface area (Å²) in [6.45, 7) is 1.96. The van der Waals surface area contributed by atoms with Crippen LogP contribution >= 0.6 is 12.2 Å². The Morgan fingerprint density at radius 2 is 2.16 bits per heavy atom. The number of methoxy groups -OCH3 is 2. The number of hydrogen-bond donors (Lipinski definition) is 2. The van der Waals surface area contributed by atoms with E-state index in [-0.39, 0.29) is 11.7 Å². The van der Waals surface area contributed by atoms with Crippen molar-refractivity contribution in [3.63, 3.8) is 0 Å². The first-order chi connectivity index (χ1) is 9.10. The molecule has 0 fully saturated rings. The monoisotopic (exact) mass is 285 g/mol. The van der Waals surface area contributed by atoms with Gasteiger partial charge < -0.3 is 19.5 Å². The van der Waals surface area contributed by atoms with Crippen molar-refractivity contribution in [1.82, 2.24) is 10.3 Å². The van der Waals surface area contributed by atoms with Gasteiger partial charge in [0.15, 0.2) is 16.7 Å². The van der Waals surface area contributed by atoms with Gasteiger partial charge >= 0.3 is 6.09 Å². The van der Waals surface area contributed by atoms with Crippen molar-refractivity contribution in [2.75, 3.05) is 26.1 Å². The van der Waals surface area contributed by atoms with Crippen molar-refractivity contribution in [2.24, 2.45) is 0 Å². The van der Waals surface area contributed by atoms with Crippen LogP contribution in [-0.2, 0) is 4.74 Å². The minimum Gasteiger partial charge on any atom is -0.495 e. The molecule has 0 spiro atoms. The summed E-state index contributed by atoms with van der Waals surface area (Å²) in [6.07, 6.45) is 0.866. The van der Waals surface area contributed by atoms with E-state index in [9.17, 15) is 4.79 Å². The third kappa shape index (κ3) is 4.59. The number of nitrogens with zero attached hydrogens (tertiary/aromatic N) is 1. The maximum atomic E-state index is 11.2. The number of carbonyl (C=O) groups is 1. The summed E-state index contributed by atoms with van der Waals surface area (Å²) >= 11 is 4.95. The van der Waals surface area contributed by atoms with E-state index in [4.69, 9.17) is 26.4 Å². The van der Waals surface area contributed by atoms with E-state index in [0.717, 1.165) is 0 Å². The predicted octanol–water partition coefficient (Wildman–Crippen LogP) is 1.54. The first-order valence-corrected chi connectivity index (χ1v) is 5.84. The Morgan fingerprint density at radius 3 is 2.74 bits per heavy atom. The second-order valence-corrected chi connectivity index (χ2v) is 3.63. The van der Waals surface area contributed by atoms with Crippen LogP contribution in [0.5, 0.6) is 11.5 Å². The lowest BCUT2D eigenvalue weighted by Crippen LogP contribution is -2.34. The largest absolute Gasteiger partial charge is 0.495 e. The first kappa shape index (κ1) is 15.0. The van der Waals surface area contributed by atoms with Crippen molar-refractivity contribution >= 4 is 29.2 Å². The Kier molecular flexibility index (Phi) is 5.80. The number of amides is 1. The van der Waals surface area contributed by atoms with Crippen LogP contribution in [0.4, 0.5) is 10.6 Å². The van der Waals surface area contributed by atoms with Crippen molar-refractivity contribution in [3.05, 3.63) is 12.3 Å². The number of pyridine rings is 1. The lowest BCUT2D eigenvalue weighted by Gasteiger charge is -2.12. The van der Waals surface area contributed by atoms with Crippen LogP contribution in [0.25, 0.3) is 0 Å². The summed E-state index contributed by atoms with van der Waals surface area (Å²) in [4.78, 5) is 15.2. The first-order valence-electron chi connectivity index (χ1n) is 5.43. The Balaban J connectivity index is 2.71. The molecule has 0 aromatic carbocycles. The molecular formula is C11H15N3O4S. The third-order valence-corrected chi connectivity index (χ3v) is 2.21. The zero-order valence-corrected chi connectivity index (χ0v) is 11.7. The third-order valence-electron chi connectivity index (χ3n) is 2.01. The van der Waals surface area contributed by atoms with Crippen molar-refractivity contribution in [2.45, 2.75) is 6.92 Å². The molecule has 1 heterocycles. The maximum Gasteiger partial charge on any atom is 0.413 e. The molecule has 0 bridgehead atoms. The van der Waals surface area contributed by atoms with Gasteiger partial charge in [-0.3, -0.25) is 5.32 Å². The zero-order chi connectivity index (χ0) is 14.3. The van der Waals surface area contributed by atoms with Crippen molar-refractivity contribution < 1.29 is 19.0 Å². The van der Waals surface area contributed by atoms with Crippen LogP contribution in [0.3, 0.4) is 0 Å². The average Bonchev–Trinajstić information content (AvgIpc) is 2.39. The number of thiocarbonyl (C=S) groups is 1. The molecule has 8 heteroatoms. The second-order valence-electron chi connectivity index (χ2n) is 3.23. The van der Waals surface area contributed by atoms with Crippen molar-refractivity contribution in [1.29, 1.82) is 0 Å². The summed E-state index contributed by atoms with van der Waals surface area (Å²) in [5.74, 6) is 1.35. The normalized spacial score (nSPS) is 9.42. The van der Waals surface area contributed by atoms with Gasteiger partial charge in [-0.2, -0.15) is 0 Å². The molecule has 0 unspecified atom stereocenters. The Labute approximate surface area is 116 Å². The standard InChI is InChI=1S/C11H15N3O4S/c1-4-18-11(15)14-10(19)13-9-8(17-3)5-7(16-2)6-12-9/h5-6H,4H2,1-3H3,(H2,12,13,14,15,19). The summed E-state index contributed by atoms with van der Waals surface area (Å²) in [6, 6.07) is 1.64. The molecule has 1 amide bonds. The van der Waals surface area contributed by atoms with Gasteiger partial charge in [-0.15, -0.1) is 0 Å². The smallest absolute Gasteiger partial charge is 0.413 e. The molecule has 0 atom stereocenters. The van der Waals surface area contributed by atoms with Crippen LogP contribution in [0.1, 0.15) is 6.92 Å². The Hall–Kier alpha value is -2.09. The summed E-state index contributed by atoms with van der Waals surface area (Å²) < 4.78 is 14.8. The lowest BCUT2D eigenvalue weighted by molar-refractivity contribution is 0.158. The van der Waals surface area contributed by atoms with E-state index < -0.39 is 6.09 Å². The molecule has 2 N–H and O–H groups in total. The Morgan fingerprint density at radius 1 is 1.42 bits per heavy atom. The molecule has 19 heavy (non-hydrogen) atoms. The topological polar surface area (TPSA) is 81.7 Å². The molecule has 1 aromatic heterocycles. The van der Waals surface area contributed by atoms with Crippen LogP contribution in [0.2, 0.25) is 0 Å². The zero-order valence-electron chi connectivity index (χ0n) is 10.9. The molecule has 104 valence electrons. The van der Waals surface area contributed by atoms with Gasteiger partial charge in [0, 0.05) is 6.07 Å². The molecule has 1 aromatic rings. The van der Waals surface area contributed by atoms with Gasteiger partial charge in [0.05, 0.1) is 27.0 Å². The fourth-order valence-electron chi connectivity index (χ4n) is 1.19. The quantitative estimate of drug-likeness (QED) is 0.812. The van der Waals surface area contributed by atoms with E-state index in [0.29, 0.717) is 17.3 Å². The number of rotatable bonds is 4. The number of carbonyl (C=O) groups excluding carboxylic acids is 1. The van der Waals surface area contributed by atoms with Gasteiger partial charge in [0.25, 0.3) is 0 Å². The number of aromatic nitrogens is 1. The molecule has 7 nitrogen and oxygen atoms in total. The molecule has 1 rings (SSSR count). The highest BCUT2D eigenvalue weighted by Crippen LogP contribution is 2.25. The number of alkyl carbamates (subject to hydrolysis) is 1.